The molecule has 0 aliphatic rings. The predicted molar refractivity (Wildman–Crippen MR) is 126 cm³/mol. The molecule has 194 valence electrons. The van der Waals surface area contributed by atoms with E-state index in [0.29, 0.717) is 23.0 Å². The summed E-state index contributed by atoms with van der Waals surface area (Å²) in [5.41, 5.74) is 0.321. The lowest BCUT2D eigenvalue weighted by molar-refractivity contribution is -0.125. The van der Waals surface area contributed by atoms with Gasteiger partial charge in [0.1, 0.15) is 23.0 Å². The van der Waals surface area contributed by atoms with Crippen molar-refractivity contribution < 1.29 is 47.6 Å². The number of carbonyl (C=O) groups excluding carboxylic acids is 4. The van der Waals surface area contributed by atoms with Crippen LogP contribution < -0.4 is 29.6 Å². The number of rotatable bonds is 13. The summed E-state index contributed by atoms with van der Waals surface area (Å²) in [5, 5.41) is 4.98. The van der Waals surface area contributed by atoms with Gasteiger partial charge in [0.2, 0.25) is 0 Å². The van der Waals surface area contributed by atoms with Gasteiger partial charge in [-0.3, -0.25) is 9.59 Å². The number of hydrogen-bond acceptors (Lipinski definition) is 10. The van der Waals surface area contributed by atoms with Crippen LogP contribution in [0.3, 0.4) is 0 Å². The lowest BCUT2D eigenvalue weighted by Gasteiger charge is -2.10. The monoisotopic (exact) mass is 504 g/mol. The van der Waals surface area contributed by atoms with Crippen LogP contribution in [-0.4, -0.2) is 78.5 Å². The van der Waals surface area contributed by atoms with Gasteiger partial charge < -0.3 is 39.1 Å². The van der Waals surface area contributed by atoms with Crippen LogP contribution in [0.15, 0.2) is 36.4 Å². The van der Waals surface area contributed by atoms with Crippen LogP contribution in [0, 0.1) is 0 Å². The molecule has 12 heteroatoms. The van der Waals surface area contributed by atoms with Crippen molar-refractivity contribution in [3.8, 4) is 23.0 Å². The number of benzene rings is 2. The average molecular weight is 504 g/mol. The first-order valence-corrected chi connectivity index (χ1v) is 10.6. The highest BCUT2D eigenvalue weighted by molar-refractivity contribution is 5.93. The van der Waals surface area contributed by atoms with E-state index in [1.165, 1.54) is 52.7 Å². The molecule has 2 aromatic carbocycles. The van der Waals surface area contributed by atoms with E-state index in [-0.39, 0.29) is 24.2 Å². The molecule has 36 heavy (non-hydrogen) atoms. The Morgan fingerprint density at radius 1 is 0.556 bits per heavy atom. The second-order valence-corrected chi connectivity index (χ2v) is 7.05. The fourth-order valence-corrected chi connectivity index (χ4v) is 2.79. The molecule has 2 rings (SSSR count). The molecule has 2 N–H and O–H groups in total. The van der Waals surface area contributed by atoms with Crippen molar-refractivity contribution in [1.29, 1.82) is 0 Å². The SMILES string of the molecule is COc1cc(OC)cc(C(=O)OCC(=O)NCCNC(=O)COC(=O)c2cc(OC)cc(OC)c2)c1. The minimum Gasteiger partial charge on any atom is -0.497 e. The third-order valence-electron chi connectivity index (χ3n) is 4.61. The highest BCUT2D eigenvalue weighted by Gasteiger charge is 2.15. The van der Waals surface area contributed by atoms with Crippen molar-refractivity contribution in [2.24, 2.45) is 0 Å². The highest BCUT2D eigenvalue weighted by Crippen LogP contribution is 2.23. The van der Waals surface area contributed by atoms with E-state index in [4.69, 9.17) is 28.4 Å². The van der Waals surface area contributed by atoms with Crippen molar-refractivity contribution >= 4 is 23.8 Å². The van der Waals surface area contributed by atoms with E-state index in [1.54, 1.807) is 12.1 Å². The number of carbonyl (C=O) groups is 4. The molecule has 0 unspecified atom stereocenters. The Bertz CT molecular complexity index is 957. The fraction of sp³-hybridized carbons (Fsp3) is 0.333. The predicted octanol–water partition coefficient (Wildman–Crippen LogP) is 0.967. The first-order valence-electron chi connectivity index (χ1n) is 10.6. The van der Waals surface area contributed by atoms with E-state index >= 15 is 0 Å². The minimum absolute atomic E-state index is 0.0656. The molecule has 0 saturated heterocycles. The van der Waals surface area contributed by atoms with Crippen LogP contribution in [0.4, 0.5) is 0 Å². The first kappa shape index (κ1) is 27.8. The van der Waals surface area contributed by atoms with Gasteiger partial charge in [0.25, 0.3) is 11.8 Å². The summed E-state index contributed by atoms with van der Waals surface area (Å²) in [5.74, 6) is -0.995. The van der Waals surface area contributed by atoms with Crippen LogP contribution >= 0.6 is 0 Å². The van der Waals surface area contributed by atoms with Crippen molar-refractivity contribution in [3.63, 3.8) is 0 Å². The van der Waals surface area contributed by atoms with E-state index in [1.807, 2.05) is 0 Å². The number of nitrogens with one attached hydrogen (secondary N) is 2. The smallest absolute Gasteiger partial charge is 0.338 e. The Labute approximate surface area is 207 Å². The van der Waals surface area contributed by atoms with Crippen molar-refractivity contribution in [1.82, 2.24) is 10.6 Å². The molecule has 0 aliphatic carbocycles. The third kappa shape index (κ3) is 8.70. The molecule has 0 aliphatic heterocycles. The molecule has 2 aromatic rings. The minimum atomic E-state index is -0.730. The van der Waals surface area contributed by atoms with Gasteiger partial charge in [-0.15, -0.1) is 0 Å². The summed E-state index contributed by atoms with van der Waals surface area (Å²) in [4.78, 5) is 48.2. The Morgan fingerprint density at radius 2 is 0.861 bits per heavy atom. The Morgan fingerprint density at radius 3 is 1.14 bits per heavy atom. The molecule has 0 fully saturated rings. The van der Waals surface area contributed by atoms with Gasteiger partial charge in [0.15, 0.2) is 13.2 Å². The number of amides is 2. The van der Waals surface area contributed by atoms with E-state index < -0.39 is 37.0 Å². The summed E-state index contributed by atoms with van der Waals surface area (Å²) in [6, 6.07) is 9.00. The van der Waals surface area contributed by atoms with Crippen molar-refractivity contribution in [2.75, 3.05) is 54.7 Å². The maximum absolute atomic E-state index is 12.2. The normalized spacial score (nSPS) is 10.0. The van der Waals surface area contributed by atoms with Gasteiger partial charge >= 0.3 is 11.9 Å². The summed E-state index contributed by atoms with van der Waals surface area (Å²) >= 11 is 0. The van der Waals surface area contributed by atoms with Gasteiger partial charge in [0, 0.05) is 25.2 Å². The Kier molecular flexibility index (Phi) is 10.8. The lowest BCUT2D eigenvalue weighted by Crippen LogP contribution is -2.38. The zero-order valence-electron chi connectivity index (χ0n) is 20.4. The molecular weight excluding hydrogens is 476 g/mol. The van der Waals surface area contributed by atoms with Crippen molar-refractivity contribution in [3.05, 3.63) is 47.5 Å². The molecule has 12 nitrogen and oxygen atoms in total. The van der Waals surface area contributed by atoms with Gasteiger partial charge in [-0.25, -0.2) is 9.59 Å². The number of methoxy groups -OCH3 is 4. The van der Waals surface area contributed by atoms with Crippen LogP contribution in [0.25, 0.3) is 0 Å². The Hall–Kier alpha value is -4.48. The topological polar surface area (TPSA) is 148 Å². The second-order valence-electron chi connectivity index (χ2n) is 7.05. The fourth-order valence-electron chi connectivity index (χ4n) is 2.79. The molecule has 0 bridgehead atoms. The molecular formula is C24H28N2O10. The van der Waals surface area contributed by atoms with Gasteiger partial charge in [-0.2, -0.15) is 0 Å². The van der Waals surface area contributed by atoms with Crippen LogP contribution in [-0.2, 0) is 19.1 Å². The maximum atomic E-state index is 12.2. The van der Waals surface area contributed by atoms with Gasteiger partial charge in [-0.05, 0) is 24.3 Å². The van der Waals surface area contributed by atoms with Crippen LogP contribution in [0.5, 0.6) is 23.0 Å². The Balaban J connectivity index is 1.68. The van der Waals surface area contributed by atoms with E-state index in [9.17, 15) is 19.2 Å². The van der Waals surface area contributed by atoms with Gasteiger partial charge in [-0.1, -0.05) is 0 Å². The van der Waals surface area contributed by atoms with Crippen molar-refractivity contribution in [2.45, 2.75) is 0 Å². The molecule has 0 saturated carbocycles. The quantitative estimate of drug-likeness (QED) is 0.299. The summed E-state index contributed by atoms with van der Waals surface area (Å²) in [7, 11) is 5.77. The lowest BCUT2D eigenvalue weighted by atomic mass is 10.2. The molecule has 2 amide bonds. The van der Waals surface area contributed by atoms with E-state index in [0.717, 1.165) is 0 Å². The summed E-state index contributed by atoms with van der Waals surface area (Å²) < 4.78 is 30.3. The molecule has 0 atom stereocenters. The molecule has 0 radical (unpaired) electrons. The molecule has 0 heterocycles. The number of hydrogen-bond donors (Lipinski definition) is 2. The standard InChI is InChI=1S/C24H28N2O10/c1-31-17-7-15(8-18(11-17)32-2)23(29)35-13-21(27)25-5-6-26-22(28)14-36-24(30)16-9-19(33-3)12-20(10-16)34-4/h7-12H,5-6,13-14H2,1-4H3,(H,25,27)(H,26,28). The highest BCUT2D eigenvalue weighted by atomic mass is 16.5. The zero-order valence-corrected chi connectivity index (χ0v) is 20.4. The maximum Gasteiger partial charge on any atom is 0.338 e. The number of ether oxygens (including phenoxy) is 6. The zero-order chi connectivity index (χ0) is 26.5. The number of esters is 2. The first-order chi connectivity index (χ1) is 17.3. The van der Waals surface area contributed by atoms with Gasteiger partial charge in [0.05, 0.1) is 39.6 Å². The largest absolute Gasteiger partial charge is 0.497 e. The summed E-state index contributed by atoms with van der Waals surface area (Å²) in [6.07, 6.45) is 0. The van der Waals surface area contributed by atoms with E-state index in [2.05, 4.69) is 10.6 Å². The van der Waals surface area contributed by atoms with Crippen LogP contribution in [0.1, 0.15) is 20.7 Å². The third-order valence-corrected chi connectivity index (χ3v) is 4.61. The summed E-state index contributed by atoms with van der Waals surface area (Å²) in [6.45, 7) is -0.909. The second kappa shape index (κ2) is 14.0. The average Bonchev–Trinajstić information content (AvgIpc) is 2.91. The van der Waals surface area contributed by atoms with Crippen LogP contribution in [0.2, 0.25) is 0 Å². The molecule has 0 aromatic heterocycles. The molecule has 0 spiro atoms.